The van der Waals surface area contributed by atoms with E-state index in [9.17, 15) is 14.4 Å². The van der Waals surface area contributed by atoms with Gasteiger partial charge in [-0.15, -0.1) is 0 Å². The van der Waals surface area contributed by atoms with E-state index in [0.717, 1.165) is 16.5 Å². The summed E-state index contributed by atoms with van der Waals surface area (Å²) < 4.78 is 5.39. The fourth-order valence-corrected chi connectivity index (χ4v) is 3.24. The molecule has 8 heteroatoms. The molecule has 3 amide bonds. The number of primary amides is 1. The highest BCUT2D eigenvalue weighted by Gasteiger charge is 2.23. The Hall–Kier alpha value is -4.07. The van der Waals surface area contributed by atoms with Gasteiger partial charge in [-0.1, -0.05) is 30.3 Å². The number of anilines is 1. The number of hydrogen-bond acceptors (Lipinski definition) is 4. The summed E-state index contributed by atoms with van der Waals surface area (Å²) in [6.07, 6.45) is 2.44. The molecule has 29 heavy (non-hydrogen) atoms. The number of para-hydroxylation sites is 2. The SMILES string of the molecule is NC(=O)c1oc2ccccc2c1NC(=O)C(=O)NCCc1c[nH]c2ccccc12. The molecule has 4 aromatic rings. The Kier molecular flexibility index (Phi) is 4.74. The predicted molar refractivity (Wildman–Crippen MR) is 108 cm³/mol. The van der Waals surface area contributed by atoms with E-state index in [4.69, 9.17) is 10.2 Å². The molecule has 0 fully saturated rings. The number of H-pyrrole nitrogens is 1. The van der Waals surface area contributed by atoms with Crippen LogP contribution in [-0.2, 0) is 16.0 Å². The first-order valence-electron chi connectivity index (χ1n) is 9.00. The number of hydrogen-bond donors (Lipinski definition) is 4. The Labute approximate surface area is 165 Å². The van der Waals surface area contributed by atoms with Crippen LogP contribution in [0.5, 0.6) is 0 Å². The fraction of sp³-hybridized carbons (Fsp3) is 0.0952. The Balaban J connectivity index is 1.42. The number of aromatic amines is 1. The summed E-state index contributed by atoms with van der Waals surface area (Å²) in [5, 5.41) is 6.58. The minimum Gasteiger partial charge on any atom is -0.449 e. The third-order valence-corrected chi connectivity index (χ3v) is 4.62. The largest absolute Gasteiger partial charge is 0.449 e. The van der Waals surface area contributed by atoms with Gasteiger partial charge < -0.3 is 25.8 Å². The van der Waals surface area contributed by atoms with Crippen LogP contribution in [-0.4, -0.2) is 29.3 Å². The van der Waals surface area contributed by atoms with Crippen molar-refractivity contribution in [1.29, 1.82) is 0 Å². The lowest BCUT2D eigenvalue weighted by Crippen LogP contribution is -2.36. The molecule has 2 aromatic carbocycles. The van der Waals surface area contributed by atoms with E-state index in [0.29, 0.717) is 17.4 Å². The van der Waals surface area contributed by atoms with Gasteiger partial charge in [0.25, 0.3) is 5.91 Å². The summed E-state index contributed by atoms with van der Waals surface area (Å²) in [5.41, 5.74) is 7.85. The quantitative estimate of drug-likeness (QED) is 0.390. The molecule has 0 radical (unpaired) electrons. The van der Waals surface area contributed by atoms with Gasteiger partial charge in [-0.05, 0) is 30.2 Å². The molecule has 0 spiro atoms. The average molecular weight is 390 g/mol. The molecule has 146 valence electrons. The molecule has 4 rings (SSSR count). The zero-order valence-electron chi connectivity index (χ0n) is 15.3. The summed E-state index contributed by atoms with van der Waals surface area (Å²) in [5.74, 6) is -2.76. The van der Waals surface area contributed by atoms with E-state index in [1.807, 2.05) is 30.5 Å². The van der Waals surface area contributed by atoms with Crippen molar-refractivity contribution in [3.05, 3.63) is 66.1 Å². The van der Waals surface area contributed by atoms with Gasteiger partial charge in [0.15, 0.2) is 0 Å². The number of furan rings is 1. The maximum atomic E-state index is 12.3. The van der Waals surface area contributed by atoms with Crippen molar-refractivity contribution in [3.63, 3.8) is 0 Å². The van der Waals surface area contributed by atoms with Crippen molar-refractivity contribution in [2.24, 2.45) is 5.73 Å². The maximum Gasteiger partial charge on any atom is 0.313 e. The van der Waals surface area contributed by atoms with Gasteiger partial charge in [0, 0.05) is 29.0 Å². The van der Waals surface area contributed by atoms with E-state index in [1.54, 1.807) is 24.3 Å². The van der Waals surface area contributed by atoms with Gasteiger partial charge >= 0.3 is 11.8 Å². The van der Waals surface area contributed by atoms with Crippen molar-refractivity contribution in [3.8, 4) is 0 Å². The molecular formula is C21H18N4O4. The van der Waals surface area contributed by atoms with Crippen LogP contribution in [0.4, 0.5) is 5.69 Å². The van der Waals surface area contributed by atoms with E-state index in [2.05, 4.69) is 15.6 Å². The molecule has 5 N–H and O–H groups in total. The molecule has 0 saturated heterocycles. The van der Waals surface area contributed by atoms with Crippen LogP contribution in [0, 0.1) is 0 Å². The molecule has 0 aliphatic heterocycles. The van der Waals surface area contributed by atoms with Crippen LogP contribution in [0.2, 0.25) is 0 Å². The van der Waals surface area contributed by atoms with Crippen LogP contribution in [0.1, 0.15) is 16.1 Å². The van der Waals surface area contributed by atoms with Crippen molar-refractivity contribution in [2.75, 3.05) is 11.9 Å². The van der Waals surface area contributed by atoms with Crippen LogP contribution < -0.4 is 16.4 Å². The van der Waals surface area contributed by atoms with Crippen molar-refractivity contribution < 1.29 is 18.8 Å². The first-order valence-corrected chi connectivity index (χ1v) is 9.00. The van der Waals surface area contributed by atoms with Gasteiger partial charge in [-0.25, -0.2) is 0 Å². The second-order valence-electron chi connectivity index (χ2n) is 6.49. The van der Waals surface area contributed by atoms with Gasteiger partial charge in [-0.2, -0.15) is 0 Å². The first-order chi connectivity index (χ1) is 14.0. The lowest BCUT2D eigenvalue weighted by Gasteiger charge is -2.06. The van der Waals surface area contributed by atoms with Gasteiger partial charge in [0.1, 0.15) is 11.3 Å². The minimum atomic E-state index is -0.905. The topological polar surface area (TPSA) is 130 Å². The van der Waals surface area contributed by atoms with Crippen LogP contribution in [0.15, 0.2) is 59.1 Å². The van der Waals surface area contributed by atoms with Crippen LogP contribution in [0.3, 0.4) is 0 Å². The number of fused-ring (bicyclic) bond motifs is 2. The maximum absolute atomic E-state index is 12.3. The monoisotopic (exact) mass is 390 g/mol. The number of rotatable bonds is 5. The highest BCUT2D eigenvalue weighted by molar-refractivity contribution is 6.40. The number of carbonyl (C=O) groups is 3. The average Bonchev–Trinajstić information content (AvgIpc) is 3.30. The summed E-state index contributed by atoms with van der Waals surface area (Å²) in [4.78, 5) is 39.3. The number of nitrogens with two attached hydrogens (primary N) is 1. The van der Waals surface area contributed by atoms with Crippen LogP contribution in [0.25, 0.3) is 21.9 Å². The molecular weight excluding hydrogens is 372 g/mol. The standard InChI is InChI=1S/C21H18N4O4/c22-19(26)18-17(14-6-2-4-8-16(14)29-18)25-21(28)20(27)23-10-9-12-11-24-15-7-3-1-5-13(12)15/h1-8,11,24H,9-10H2,(H2,22,26)(H,23,27)(H,25,28). The van der Waals surface area contributed by atoms with Crippen molar-refractivity contribution >= 4 is 45.3 Å². The molecule has 0 atom stereocenters. The number of aromatic nitrogens is 1. The molecule has 2 aromatic heterocycles. The third-order valence-electron chi connectivity index (χ3n) is 4.62. The highest BCUT2D eigenvalue weighted by atomic mass is 16.3. The summed E-state index contributed by atoms with van der Waals surface area (Å²) >= 11 is 0. The smallest absolute Gasteiger partial charge is 0.313 e. The zero-order chi connectivity index (χ0) is 20.4. The summed E-state index contributed by atoms with van der Waals surface area (Å²) in [7, 11) is 0. The lowest BCUT2D eigenvalue weighted by atomic mass is 10.1. The molecule has 8 nitrogen and oxygen atoms in total. The van der Waals surface area contributed by atoms with E-state index in [-0.39, 0.29) is 18.0 Å². The number of nitrogens with one attached hydrogen (secondary N) is 3. The molecule has 2 heterocycles. The zero-order valence-corrected chi connectivity index (χ0v) is 15.3. The van der Waals surface area contributed by atoms with Crippen molar-refractivity contribution in [1.82, 2.24) is 10.3 Å². The molecule has 0 aliphatic carbocycles. The van der Waals surface area contributed by atoms with Gasteiger partial charge in [0.2, 0.25) is 5.76 Å². The minimum absolute atomic E-state index is 0.0879. The van der Waals surface area contributed by atoms with E-state index in [1.165, 1.54) is 0 Å². The third kappa shape index (κ3) is 3.55. The second-order valence-corrected chi connectivity index (χ2v) is 6.49. The number of carbonyl (C=O) groups excluding carboxylic acids is 3. The van der Waals surface area contributed by atoms with Crippen LogP contribution >= 0.6 is 0 Å². The van der Waals surface area contributed by atoms with E-state index >= 15 is 0 Å². The Morgan fingerprint density at radius 1 is 0.966 bits per heavy atom. The Bertz CT molecular complexity index is 1240. The van der Waals surface area contributed by atoms with E-state index < -0.39 is 17.7 Å². The first kappa shape index (κ1) is 18.3. The lowest BCUT2D eigenvalue weighted by molar-refractivity contribution is -0.136. The Morgan fingerprint density at radius 3 is 2.48 bits per heavy atom. The summed E-state index contributed by atoms with van der Waals surface area (Å²) in [6.45, 7) is 0.281. The molecule has 0 aliphatic rings. The van der Waals surface area contributed by atoms with Gasteiger partial charge in [-0.3, -0.25) is 14.4 Å². The fourth-order valence-electron chi connectivity index (χ4n) is 3.24. The van der Waals surface area contributed by atoms with Gasteiger partial charge in [0.05, 0.1) is 0 Å². The Morgan fingerprint density at radius 2 is 1.69 bits per heavy atom. The summed E-state index contributed by atoms with van der Waals surface area (Å²) in [6, 6.07) is 14.6. The normalized spacial score (nSPS) is 10.9. The number of amides is 3. The van der Waals surface area contributed by atoms with Crippen molar-refractivity contribution in [2.45, 2.75) is 6.42 Å². The molecule has 0 unspecified atom stereocenters. The number of benzene rings is 2. The second kappa shape index (κ2) is 7.51. The highest BCUT2D eigenvalue weighted by Crippen LogP contribution is 2.30. The molecule has 0 saturated carbocycles. The predicted octanol–water partition coefficient (Wildman–Crippen LogP) is 2.31. The molecule has 0 bridgehead atoms.